The topological polar surface area (TPSA) is 69.6 Å². The van der Waals surface area contributed by atoms with Gasteiger partial charge in [-0.25, -0.2) is 0 Å². The predicted molar refractivity (Wildman–Crippen MR) is 257 cm³/mol. The van der Waals surface area contributed by atoms with E-state index in [1.807, 2.05) is 6.08 Å². The van der Waals surface area contributed by atoms with Crippen LogP contribution in [0.2, 0.25) is 0 Å². The van der Waals surface area contributed by atoms with Crippen LogP contribution in [0.5, 0.6) is 0 Å². The van der Waals surface area contributed by atoms with Crippen molar-refractivity contribution in [3.05, 3.63) is 134 Å². The molecule has 0 aliphatic rings. The lowest BCUT2D eigenvalue weighted by Crippen LogP contribution is -2.45. The Balaban J connectivity index is 3.77. The third-order valence-electron chi connectivity index (χ3n) is 9.60. The van der Waals surface area contributed by atoms with Gasteiger partial charge in [-0.15, -0.1) is 0 Å². The molecule has 326 valence electrons. The first-order valence-corrected chi connectivity index (χ1v) is 23.4. The van der Waals surface area contributed by atoms with Gasteiger partial charge in [-0.05, 0) is 109 Å². The molecule has 0 aromatic heterocycles. The van der Waals surface area contributed by atoms with E-state index in [1.54, 1.807) is 6.08 Å². The Hall–Kier alpha value is -3.47. The fourth-order valence-corrected chi connectivity index (χ4v) is 6.05. The molecule has 2 atom stereocenters. The SMILES string of the molecule is CC/C=C\C/C=C\C/C=C\C/C=C\C/C=C\C/C=C\C/C=C\C/C=C\CCCCCCC(=O)NC(CO)C(O)/C=C/CC/C=C/CC/C=C/CCCCCCCCC. The molecular weight excluding hydrogens is 711 g/mol. The van der Waals surface area contributed by atoms with Crippen LogP contribution in [0.4, 0.5) is 0 Å². The molecule has 0 fully saturated rings. The number of carbonyl (C=O) groups excluding carboxylic acids is 1. The lowest BCUT2D eigenvalue weighted by molar-refractivity contribution is -0.123. The van der Waals surface area contributed by atoms with Crippen molar-refractivity contribution in [3.8, 4) is 0 Å². The largest absolute Gasteiger partial charge is 0.394 e. The van der Waals surface area contributed by atoms with Gasteiger partial charge in [0.2, 0.25) is 5.91 Å². The molecule has 0 spiro atoms. The number of aliphatic hydroxyl groups excluding tert-OH is 2. The zero-order valence-corrected chi connectivity index (χ0v) is 37.3. The van der Waals surface area contributed by atoms with E-state index < -0.39 is 12.1 Å². The zero-order valence-electron chi connectivity index (χ0n) is 37.3. The van der Waals surface area contributed by atoms with Crippen LogP contribution in [-0.4, -0.2) is 34.9 Å². The quantitative estimate of drug-likeness (QED) is 0.0427. The first kappa shape index (κ1) is 54.5. The molecule has 0 radical (unpaired) electrons. The molecule has 0 bridgehead atoms. The molecule has 4 heteroatoms. The second-order valence-corrected chi connectivity index (χ2v) is 15.1. The number of hydrogen-bond donors (Lipinski definition) is 3. The number of allylic oxidation sites excluding steroid dienone is 21. The Morgan fingerprint density at radius 1 is 0.431 bits per heavy atom. The van der Waals surface area contributed by atoms with Crippen molar-refractivity contribution in [3.63, 3.8) is 0 Å². The number of nitrogens with one attached hydrogen (secondary N) is 1. The van der Waals surface area contributed by atoms with E-state index in [0.29, 0.717) is 6.42 Å². The van der Waals surface area contributed by atoms with Crippen LogP contribution in [-0.2, 0) is 4.79 Å². The van der Waals surface area contributed by atoms with Gasteiger partial charge in [0, 0.05) is 6.42 Å². The average molecular weight is 798 g/mol. The van der Waals surface area contributed by atoms with E-state index in [-0.39, 0.29) is 12.5 Å². The molecule has 2 unspecified atom stereocenters. The summed E-state index contributed by atoms with van der Waals surface area (Å²) < 4.78 is 0. The van der Waals surface area contributed by atoms with Crippen molar-refractivity contribution >= 4 is 5.91 Å². The number of rotatable bonds is 40. The minimum absolute atomic E-state index is 0.110. The zero-order chi connectivity index (χ0) is 42.1. The van der Waals surface area contributed by atoms with Crippen molar-refractivity contribution in [1.82, 2.24) is 5.32 Å². The number of hydrogen-bond acceptors (Lipinski definition) is 3. The van der Waals surface area contributed by atoms with Crippen LogP contribution >= 0.6 is 0 Å². The van der Waals surface area contributed by atoms with Gasteiger partial charge in [-0.3, -0.25) is 4.79 Å². The van der Waals surface area contributed by atoms with Crippen LogP contribution in [0.15, 0.2) is 134 Å². The van der Waals surface area contributed by atoms with Gasteiger partial charge >= 0.3 is 0 Å². The highest BCUT2D eigenvalue weighted by Crippen LogP contribution is 2.10. The van der Waals surface area contributed by atoms with Gasteiger partial charge in [0.25, 0.3) is 0 Å². The van der Waals surface area contributed by atoms with Crippen molar-refractivity contribution < 1.29 is 15.0 Å². The number of carbonyl (C=O) groups is 1. The smallest absolute Gasteiger partial charge is 0.220 e. The Morgan fingerprint density at radius 3 is 1.21 bits per heavy atom. The molecule has 0 aliphatic carbocycles. The highest BCUT2D eigenvalue weighted by molar-refractivity contribution is 5.76. The fourth-order valence-electron chi connectivity index (χ4n) is 6.05. The van der Waals surface area contributed by atoms with Crippen LogP contribution < -0.4 is 5.32 Å². The van der Waals surface area contributed by atoms with Crippen molar-refractivity contribution in [2.75, 3.05) is 6.61 Å². The van der Waals surface area contributed by atoms with E-state index in [4.69, 9.17) is 0 Å². The molecule has 3 N–H and O–H groups in total. The molecule has 0 saturated heterocycles. The molecular formula is C54H87NO3. The van der Waals surface area contributed by atoms with E-state index in [9.17, 15) is 15.0 Å². The van der Waals surface area contributed by atoms with Gasteiger partial charge in [0.15, 0.2) is 0 Å². The molecule has 4 nitrogen and oxygen atoms in total. The lowest BCUT2D eigenvalue weighted by atomic mass is 10.1. The first-order chi connectivity index (χ1) is 28.7. The standard InChI is InChI=1S/C54H87NO3/c1-3-5-7-9-11-13-15-17-19-21-22-23-24-25-26-27-28-29-30-31-32-34-36-38-40-42-44-46-48-50-54(58)55-52(51-56)53(57)49-47-45-43-41-39-37-35-33-20-18-16-14-12-10-8-6-4-2/h5,7,11,13,17,19-20,22-23,25-26,28-29,31-33,36,38-39,41,47,49,52-53,56-57H,3-4,6,8-10,12,14-16,18,21,24,27,30,34-35,37,40,42-46,48,50-51H2,1-2H3,(H,55,58)/b7-5-,13-11-,19-17-,23-22-,26-25-,29-28-,32-31-,33-20+,38-36-,41-39+,49-47+. The Morgan fingerprint density at radius 2 is 0.776 bits per heavy atom. The summed E-state index contributed by atoms with van der Waals surface area (Å²) in [5.41, 5.74) is 0. The second-order valence-electron chi connectivity index (χ2n) is 15.1. The normalized spacial score (nSPS) is 14.2. The summed E-state index contributed by atoms with van der Waals surface area (Å²) in [5.74, 6) is -0.110. The highest BCUT2D eigenvalue weighted by atomic mass is 16.3. The van der Waals surface area contributed by atoms with Gasteiger partial charge in [0.1, 0.15) is 0 Å². The average Bonchev–Trinajstić information content (AvgIpc) is 3.23. The molecule has 0 aromatic rings. The van der Waals surface area contributed by atoms with Gasteiger partial charge in [-0.1, -0.05) is 199 Å². The second kappa shape index (κ2) is 47.9. The number of aliphatic hydroxyl groups is 2. The van der Waals surface area contributed by atoms with E-state index in [2.05, 4.69) is 141 Å². The highest BCUT2D eigenvalue weighted by Gasteiger charge is 2.17. The van der Waals surface area contributed by atoms with E-state index >= 15 is 0 Å². The van der Waals surface area contributed by atoms with Crippen molar-refractivity contribution in [1.29, 1.82) is 0 Å². The van der Waals surface area contributed by atoms with Crippen LogP contribution in [0.25, 0.3) is 0 Å². The van der Waals surface area contributed by atoms with Gasteiger partial charge < -0.3 is 15.5 Å². The first-order valence-electron chi connectivity index (χ1n) is 23.4. The fraction of sp³-hybridized carbons (Fsp3) is 0.574. The molecule has 0 aliphatic heterocycles. The third-order valence-corrected chi connectivity index (χ3v) is 9.60. The molecule has 1 amide bonds. The monoisotopic (exact) mass is 798 g/mol. The summed E-state index contributed by atoms with van der Waals surface area (Å²) >= 11 is 0. The molecule has 0 rings (SSSR count). The van der Waals surface area contributed by atoms with Crippen molar-refractivity contribution in [2.45, 2.75) is 193 Å². The molecule has 58 heavy (non-hydrogen) atoms. The Bertz CT molecular complexity index is 1220. The number of unbranched alkanes of at least 4 members (excludes halogenated alkanes) is 13. The van der Waals surface area contributed by atoms with Gasteiger partial charge in [-0.2, -0.15) is 0 Å². The maximum Gasteiger partial charge on any atom is 0.220 e. The maximum absolute atomic E-state index is 12.4. The Labute approximate surface area is 358 Å². The van der Waals surface area contributed by atoms with E-state index in [1.165, 1.54) is 51.4 Å². The summed E-state index contributed by atoms with van der Waals surface area (Å²) in [5, 5.41) is 23.0. The molecule has 0 heterocycles. The van der Waals surface area contributed by atoms with E-state index in [0.717, 1.165) is 109 Å². The van der Waals surface area contributed by atoms with Crippen LogP contribution in [0.3, 0.4) is 0 Å². The minimum atomic E-state index is -0.891. The summed E-state index contributed by atoms with van der Waals surface area (Å²) in [6.07, 6.45) is 75.6. The molecule has 0 saturated carbocycles. The van der Waals surface area contributed by atoms with Crippen molar-refractivity contribution in [2.24, 2.45) is 0 Å². The van der Waals surface area contributed by atoms with Gasteiger partial charge in [0.05, 0.1) is 18.8 Å². The maximum atomic E-state index is 12.4. The Kier molecular flexibility index (Phi) is 45.0. The third kappa shape index (κ3) is 43.6. The summed E-state index contributed by atoms with van der Waals surface area (Å²) in [4.78, 5) is 12.4. The predicted octanol–water partition coefficient (Wildman–Crippen LogP) is 15.1. The summed E-state index contributed by atoms with van der Waals surface area (Å²) in [6.45, 7) is 4.14. The van der Waals surface area contributed by atoms with Crippen LogP contribution in [0.1, 0.15) is 181 Å². The minimum Gasteiger partial charge on any atom is -0.394 e. The number of amides is 1. The molecule has 0 aromatic carbocycles. The van der Waals surface area contributed by atoms with Crippen LogP contribution in [0, 0.1) is 0 Å². The summed E-state index contributed by atoms with van der Waals surface area (Å²) in [7, 11) is 0. The summed E-state index contributed by atoms with van der Waals surface area (Å²) in [6, 6.07) is -0.669. The lowest BCUT2D eigenvalue weighted by Gasteiger charge is -2.19.